The molecule has 0 aliphatic carbocycles. The Bertz CT molecular complexity index is 576. The Labute approximate surface area is 187 Å². The largest absolute Gasteiger partial charge is 0.463 e. The molecule has 0 amide bonds. The first-order valence-electron chi connectivity index (χ1n) is 12.2. The van der Waals surface area contributed by atoms with E-state index >= 15 is 0 Å². The number of carbonyl (C=O) groups is 1. The molecule has 0 N–H and O–H groups in total. The number of unbranched alkanes of at least 4 members (excludes halogenated alkanes) is 8. The van der Waals surface area contributed by atoms with Crippen LogP contribution in [0.5, 0.6) is 0 Å². The molecule has 0 aromatic carbocycles. The van der Waals surface area contributed by atoms with E-state index in [4.69, 9.17) is 28.4 Å². The van der Waals surface area contributed by atoms with Gasteiger partial charge in [-0.1, -0.05) is 58.3 Å². The Balaban J connectivity index is 1.37. The van der Waals surface area contributed by atoms with Gasteiger partial charge in [0.15, 0.2) is 17.9 Å². The van der Waals surface area contributed by atoms with E-state index in [1.165, 1.54) is 44.9 Å². The fourth-order valence-electron chi connectivity index (χ4n) is 4.65. The smallest absolute Gasteiger partial charge is 0.305 e. The monoisotopic (exact) mass is 442 g/mol. The van der Waals surface area contributed by atoms with Crippen molar-refractivity contribution in [2.45, 2.75) is 141 Å². The van der Waals surface area contributed by atoms with E-state index in [0.29, 0.717) is 6.42 Å². The maximum absolute atomic E-state index is 12.2. The highest BCUT2D eigenvalue weighted by Crippen LogP contribution is 2.44. The minimum absolute atomic E-state index is 0.129. The first-order chi connectivity index (χ1) is 14.7. The highest BCUT2D eigenvalue weighted by Gasteiger charge is 2.60. The van der Waals surface area contributed by atoms with E-state index in [1.807, 2.05) is 27.7 Å². The van der Waals surface area contributed by atoms with Crippen molar-refractivity contribution in [2.24, 2.45) is 0 Å². The van der Waals surface area contributed by atoms with Gasteiger partial charge in [0.05, 0.1) is 0 Å². The van der Waals surface area contributed by atoms with Gasteiger partial charge >= 0.3 is 5.97 Å². The van der Waals surface area contributed by atoms with Gasteiger partial charge in [0.2, 0.25) is 0 Å². The van der Waals surface area contributed by atoms with Crippen molar-refractivity contribution in [2.75, 3.05) is 6.61 Å². The third-order valence-corrected chi connectivity index (χ3v) is 6.14. The molecule has 0 aromatic rings. The highest BCUT2D eigenvalue weighted by molar-refractivity contribution is 5.69. The van der Waals surface area contributed by atoms with Gasteiger partial charge < -0.3 is 28.4 Å². The van der Waals surface area contributed by atoms with Crippen molar-refractivity contribution in [1.29, 1.82) is 0 Å². The molecule has 3 saturated heterocycles. The molecule has 0 saturated carbocycles. The van der Waals surface area contributed by atoms with Crippen molar-refractivity contribution >= 4 is 5.97 Å². The minimum atomic E-state index is -0.752. The zero-order valence-corrected chi connectivity index (χ0v) is 20.0. The lowest BCUT2D eigenvalue weighted by molar-refractivity contribution is -0.242. The molecule has 3 aliphatic rings. The van der Waals surface area contributed by atoms with Crippen LogP contribution < -0.4 is 0 Å². The van der Waals surface area contributed by atoms with Gasteiger partial charge in [-0.05, 0) is 34.1 Å². The molecule has 0 aromatic heterocycles. The third kappa shape index (κ3) is 7.13. The number of hydrogen-bond donors (Lipinski definition) is 0. The van der Waals surface area contributed by atoms with E-state index < -0.39 is 24.0 Å². The number of fused-ring (bicyclic) bond motifs is 3. The Morgan fingerprint density at radius 2 is 1.29 bits per heavy atom. The summed E-state index contributed by atoms with van der Waals surface area (Å²) in [4.78, 5) is 12.2. The third-order valence-electron chi connectivity index (χ3n) is 6.14. The molecule has 3 aliphatic heterocycles. The average molecular weight is 443 g/mol. The SMILES string of the molecule is CCCCCCCCCCCC(=O)OC[C@H]1O[C@@H]2OC(C)(C)O[C@@H]2[C@H]2OC(C)(C)O[C@H]21. The molecule has 0 bridgehead atoms. The second-order valence-corrected chi connectivity index (χ2v) is 9.97. The van der Waals surface area contributed by atoms with Gasteiger partial charge in [0.25, 0.3) is 0 Å². The van der Waals surface area contributed by atoms with E-state index in [9.17, 15) is 4.79 Å². The standard InChI is InChI=1S/C24H42O7/c1-6-7-8-9-10-11-12-13-14-15-18(25)26-16-17-19-20(29-23(2,3)28-19)21-22(27-17)31-24(4,5)30-21/h17,19-22H,6-16H2,1-5H3/t17-,19+,20+,21-,22-/m1/s1. The summed E-state index contributed by atoms with van der Waals surface area (Å²) in [6.45, 7) is 9.81. The molecule has 0 unspecified atom stereocenters. The summed E-state index contributed by atoms with van der Waals surface area (Å²) in [6, 6.07) is 0. The summed E-state index contributed by atoms with van der Waals surface area (Å²) in [5, 5.41) is 0. The van der Waals surface area contributed by atoms with Crippen LogP contribution in [0.15, 0.2) is 0 Å². The summed E-state index contributed by atoms with van der Waals surface area (Å²) >= 11 is 0. The topological polar surface area (TPSA) is 72.5 Å². The molecule has 31 heavy (non-hydrogen) atoms. The van der Waals surface area contributed by atoms with Gasteiger partial charge in [0.1, 0.15) is 31.0 Å². The highest BCUT2D eigenvalue weighted by atomic mass is 16.9. The number of esters is 1. The van der Waals surface area contributed by atoms with Crippen LogP contribution in [0, 0.1) is 0 Å². The second-order valence-electron chi connectivity index (χ2n) is 9.97. The fraction of sp³-hybridized carbons (Fsp3) is 0.958. The summed E-state index contributed by atoms with van der Waals surface area (Å²) < 4.78 is 35.6. The molecule has 3 heterocycles. The molecule has 7 heteroatoms. The summed E-state index contributed by atoms with van der Waals surface area (Å²) in [6.07, 6.45) is 9.36. The van der Waals surface area contributed by atoms with E-state index in [0.717, 1.165) is 12.8 Å². The van der Waals surface area contributed by atoms with E-state index in [-0.39, 0.29) is 30.9 Å². The second kappa shape index (κ2) is 10.9. The van der Waals surface area contributed by atoms with Crippen molar-refractivity contribution in [1.82, 2.24) is 0 Å². The zero-order chi connectivity index (χ0) is 22.5. The quantitative estimate of drug-likeness (QED) is 0.316. The molecule has 7 nitrogen and oxygen atoms in total. The molecule has 3 fully saturated rings. The van der Waals surface area contributed by atoms with Crippen molar-refractivity contribution in [3.8, 4) is 0 Å². The summed E-state index contributed by atoms with van der Waals surface area (Å²) in [5.41, 5.74) is 0. The van der Waals surface area contributed by atoms with Crippen LogP contribution in [-0.2, 0) is 33.2 Å². The van der Waals surface area contributed by atoms with E-state index in [2.05, 4.69) is 6.92 Å². The molecule has 0 radical (unpaired) electrons. The first kappa shape index (κ1) is 24.9. The van der Waals surface area contributed by atoms with Crippen LogP contribution in [0.1, 0.15) is 98.8 Å². The van der Waals surface area contributed by atoms with Gasteiger partial charge in [0, 0.05) is 6.42 Å². The van der Waals surface area contributed by atoms with Crippen molar-refractivity contribution in [3.63, 3.8) is 0 Å². The van der Waals surface area contributed by atoms with Crippen molar-refractivity contribution in [3.05, 3.63) is 0 Å². The molecule has 0 spiro atoms. The zero-order valence-electron chi connectivity index (χ0n) is 20.0. The lowest BCUT2D eigenvalue weighted by atomic mass is 9.99. The maximum atomic E-state index is 12.2. The van der Waals surface area contributed by atoms with Crippen LogP contribution in [-0.4, -0.2) is 54.9 Å². The number of carbonyl (C=O) groups excluding carboxylic acids is 1. The lowest BCUT2D eigenvalue weighted by Gasteiger charge is -2.36. The Kier molecular flexibility index (Phi) is 8.78. The first-order valence-corrected chi connectivity index (χ1v) is 12.2. The van der Waals surface area contributed by atoms with Crippen LogP contribution >= 0.6 is 0 Å². The number of hydrogen-bond acceptors (Lipinski definition) is 7. The van der Waals surface area contributed by atoms with Crippen LogP contribution in [0.25, 0.3) is 0 Å². The van der Waals surface area contributed by atoms with Gasteiger partial charge in [-0.2, -0.15) is 0 Å². The summed E-state index contributed by atoms with van der Waals surface area (Å²) in [5.74, 6) is -1.69. The van der Waals surface area contributed by atoms with E-state index in [1.54, 1.807) is 0 Å². The van der Waals surface area contributed by atoms with Gasteiger partial charge in [-0.25, -0.2) is 0 Å². The molecule has 5 atom stereocenters. The lowest BCUT2D eigenvalue weighted by Crippen LogP contribution is -2.56. The predicted molar refractivity (Wildman–Crippen MR) is 115 cm³/mol. The Hall–Kier alpha value is -0.730. The molecule has 3 rings (SSSR count). The fourth-order valence-corrected chi connectivity index (χ4v) is 4.65. The number of ether oxygens (including phenoxy) is 6. The Morgan fingerprint density at radius 3 is 1.97 bits per heavy atom. The molecular weight excluding hydrogens is 400 g/mol. The minimum Gasteiger partial charge on any atom is -0.463 e. The average Bonchev–Trinajstić information content (AvgIpc) is 3.18. The van der Waals surface area contributed by atoms with Crippen LogP contribution in [0.3, 0.4) is 0 Å². The molecule has 180 valence electrons. The van der Waals surface area contributed by atoms with Crippen LogP contribution in [0.4, 0.5) is 0 Å². The Morgan fingerprint density at radius 1 is 0.742 bits per heavy atom. The number of rotatable bonds is 12. The van der Waals surface area contributed by atoms with Crippen LogP contribution in [0.2, 0.25) is 0 Å². The summed E-state index contributed by atoms with van der Waals surface area (Å²) in [7, 11) is 0. The van der Waals surface area contributed by atoms with Gasteiger partial charge in [-0.15, -0.1) is 0 Å². The molecular formula is C24H42O7. The maximum Gasteiger partial charge on any atom is 0.305 e. The van der Waals surface area contributed by atoms with Gasteiger partial charge in [-0.3, -0.25) is 4.79 Å². The normalized spacial score (nSPS) is 33.1. The predicted octanol–water partition coefficient (Wildman–Crippen LogP) is 4.85. The van der Waals surface area contributed by atoms with Crippen molar-refractivity contribution < 1.29 is 33.2 Å².